The van der Waals surface area contributed by atoms with Gasteiger partial charge >= 0.3 is 6.03 Å². The van der Waals surface area contributed by atoms with Gasteiger partial charge in [0.05, 0.1) is 25.9 Å². The van der Waals surface area contributed by atoms with Crippen LogP contribution in [0.15, 0.2) is 18.3 Å². The minimum Gasteiger partial charge on any atom is -0.379 e. The molecule has 8 nitrogen and oxygen atoms in total. The van der Waals surface area contributed by atoms with Gasteiger partial charge in [-0.2, -0.15) is 0 Å². The van der Waals surface area contributed by atoms with Crippen molar-refractivity contribution in [1.29, 1.82) is 0 Å². The van der Waals surface area contributed by atoms with Crippen molar-refractivity contribution in [3.05, 3.63) is 23.9 Å². The molecule has 1 aromatic heterocycles. The molecule has 0 radical (unpaired) electrons. The number of morpholine rings is 1. The first-order valence-electron chi connectivity index (χ1n) is 9.80. The topological polar surface area (TPSA) is 85.0 Å². The van der Waals surface area contributed by atoms with Crippen molar-refractivity contribution in [3.63, 3.8) is 0 Å². The fourth-order valence-corrected chi connectivity index (χ4v) is 3.15. The number of urea groups is 1. The van der Waals surface area contributed by atoms with Gasteiger partial charge < -0.3 is 29.7 Å². The van der Waals surface area contributed by atoms with Gasteiger partial charge in [-0.3, -0.25) is 0 Å². The van der Waals surface area contributed by atoms with Crippen LogP contribution in [0.2, 0.25) is 0 Å². The van der Waals surface area contributed by atoms with E-state index in [2.05, 4.69) is 20.5 Å². The monoisotopic (exact) mass is 378 g/mol. The molecule has 2 aliphatic rings. The summed E-state index contributed by atoms with van der Waals surface area (Å²) in [6, 6.07) is 3.77. The molecule has 1 unspecified atom stereocenters. The Hall–Kier alpha value is -1.90. The van der Waals surface area contributed by atoms with E-state index in [-0.39, 0.29) is 12.1 Å². The number of pyridine rings is 1. The lowest BCUT2D eigenvalue weighted by Crippen LogP contribution is -2.37. The summed E-state index contributed by atoms with van der Waals surface area (Å²) in [6.07, 6.45) is 5.04. The van der Waals surface area contributed by atoms with Crippen molar-refractivity contribution in [3.8, 4) is 0 Å². The summed E-state index contributed by atoms with van der Waals surface area (Å²) < 4.78 is 16.5. The third kappa shape index (κ3) is 6.97. The number of carbonyl (C=O) groups is 1. The number of aromatic nitrogens is 1. The summed E-state index contributed by atoms with van der Waals surface area (Å²) in [5.74, 6) is 0.932. The van der Waals surface area contributed by atoms with Crippen LogP contribution in [0.1, 0.15) is 24.8 Å². The van der Waals surface area contributed by atoms with Gasteiger partial charge in [0.2, 0.25) is 0 Å². The highest BCUT2D eigenvalue weighted by molar-refractivity contribution is 5.73. The van der Waals surface area contributed by atoms with Crippen LogP contribution in [0.3, 0.4) is 0 Å². The molecular weight excluding hydrogens is 348 g/mol. The molecule has 3 rings (SSSR count). The van der Waals surface area contributed by atoms with Crippen LogP contribution in [0, 0.1) is 0 Å². The highest BCUT2D eigenvalue weighted by atomic mass is 16.5. The Bertz CT molecular complexity index is 575. The zero-order valence-electron chi connectivity index (χ0n) is 15.8. The molecule has 0 spiro atoms. The molecule has 2 saturated heterocycles. The van der Waals surface area contributed by atoms with Gasteiger partial charge in [-0.15, -0.1) is 0 Å². The van der Waals surface area contributed by atoms with E-state index in [0.717, 1.165) is 63.6 Å². The van der Waals surface area contributed by atoms with Gasteiger partial charge in [0.25, 0.3) is 0 Å². The predicted octanol–water partition coefficient (Wildman–Crippen LogP) is 1.30. The molecule has 150 valence electrons. The van der Waals surface area contributed by atoms with Crippen molar-refractivity contribution >= 4 is 11.8 Å². The van der Waals surface area contributed by atoms with Crippen LogP contribution in [0.25, 0.3) is 0 Å². The molecule has 3 heterocycles. The van der Waals surface area contributed by atoms with E-state index in [1.54, 1.807) is 6.20 Å². The number of carbonyl (C=O) groups excluding carboxylic acids is 1. The van der Waals surface area contributed by atoms with E-state index >= 15 is 0 Å². The number of hydrogen-bond acceptors (Lipinski definition) is 6. The Labute approximate surface area is 160 Å². The smallest absolute Gasteiger partial charge is 0.315 e. The molecular formula is C19H30N4O4. The molecule has 0 aromatic carbocycles. The third-order valence-electron chi connectivity index (χ3n) is 4.68. The van der Waals surface area contributed by atoms with Crippen molar-refractivity contribution < 1.29 is 19.0 Å². The highest BCUT2D eigenvalue weighted by Crippen LogP contribution is 2.14. The second-order valence-electron chi connectivity index (χ2n) is 6.79. The van der Waals surface area contributed by atoms with Crippen LogP contribution in [0.4, 0.5) is 10.6 Å². The van der Waals surface area contributed by atoms with Crippen molar-refractivity contribution in [2.45, 2.75) is 31.9 Å². The molecule has 0 aliphatic carbocycles. The maximum absolute atomic E-state index is 11.9. The van der Waals surface area contributed by atoms with Crippen molar-refractivity contribution in [2.75, 3.05) is 57.6 Å². The standard InChI is InChI=1S/C19H30N4O4/c24-19(21-5-2-9-26-15-17-3-1-10-27-17)22-14-16-4-6-20-18(13-16)23-7-11-25-12-8-23/h4,6,13,17H,1-3,5,7-12,14-15H2,(H2,21,22,24). The molecule has 1 atom stereocenters. The molecule has 0 saturated carbocycles. The summed E-state index contributed by atoms with van der Waals surface area (Å²) in [7, 11) is 0. The maximum atomic E-state index is 11.9. The third-order valence-corrected chi connectivity index (χ3v) is 4.68. The molecule has 2 amide bonds. The van der Waals surface area contributed by atoms with Gasteiger partial charge in [0.1, 0.15) is 5.82 Å². The number of nitrogens with zero attached hydrogens (tertiary/aromatic N) is 2. The van der Waals surface area contributed by atoms with Crippen LogP contribution in [-0.4, -0.2) is 69.8 Å². The largest absolute Gasteiger partial charge is 0.379 e. The Morgan fingerprint density at radius 1 is 1.30 bits per heavy atom. The van der Waals surface area contributed by atoms with E-state index in [0.29, 0.717) is 26.3 Å². The normalized spacial score (nSPS) is 19.9. The van der Waals surface area contributed by atoms with Gasteiger partial charge in [-0.25, -0.2) is 9.78 Å². The summed E-state index contributed by atoms with van der Waals surface area (Å²) in [4.78, 5) is 18.5. The molecule has 2 fully saturated rings. The SMILES string of the molecule is O=C(NCCCOCC1CCCO1)NCc1ccnc(N2CCOCC2)c1. The van der Waals surface area contributed by atoms with E-state index in [1.807, 2.05) is 12.1 Å². The molecule has 8 heteroatoms. The van der Waals surface area contributed by atoms with Gasteiger partial charge in [0, 0.05) is 45.6 Å². The van der Waals surface area contributed by atoms with Crippen molar-refractivity contribution in [1.82, 2.24) is 15.6 Å². The second-order valence-corrected chi connectivity index (χ2v) is 6.79. The average Bonchev–Trinajstić information content (AvgIpc) is 3.23. The molecule has 2 N–H and O–H groups in total. The van der Waals surface area contributed by atoms with Crippen LogP contribution < -0.4 is 15.5 Å². The van der Waals surface area contributed by atoms with Crippen LogP contribution >= 0.6 is 0 Å². The van der Waals surface area contributed by atoms with Crippen molar-refractivity contribution in [2.24, 2.45) is 0 Å². The molecule has 1 aromatic rings. The average molecular weight is 378 g/mol. The molecule has 0 bridgehead atoms. The first-order chi connectivity index (χ1) is 13.3. The Morgan fingerprint density at radius 3 is 3.00 bits per heavy atom. The summed E-state index contributed by atoms with van der Waals surface area (Å²) >= 11 is 0. The number of hydrogen-bond donors (Lipinski definition) is 2. The predicted molar refractivity (Wildman–Crippen MR) is 102 cm³/mol. The quantitative estimate of drug-likeness (QED) is 0.630. The Morgan fingerprint density at radius 2 is 2.19 bits per heavy atom. The van der Waals surface area contributed by atoms with Gasteiger partial charge in [-0.05, 0) is 37.0 Å². The summed E-state index contributed by atoms with van der Waals surface area (Å²) in [5.41, 5.74) is 1.03. The molecule has 2 aliphatic heterocycles. The minimum absolute atomic E-state index is 0.168. The number of anilines is 1. The first-order valence-corrected chi connectivity index (χ1v) is 9.80. The lowest BCUT2D eigenvalue weighted by Gasteiger charge is -2.28. The summed E-state index contributed by atoms with van der Waals surface area (Å²) in [5, 5.41) is 5.74. The highest BCUT2D eigenvalue weighted by Gasteiger charge is 2.15. The maximum Gasteiger partial charge on any atom is 0.315 e. The van der Waals surface area contributed by atoms with Crippen LogP contribution in [-0.2, 0) is 20.8 Å². The number of amides is 2. The second kappa shape index (κ2) is 11.1. The van der Waals surface area contributed by atoms with E-state index < -0.39 is 0 Å². The lowest BCUT2D eigenvalue weighted by atomic mass is 10.2. The minimum atomic E-state index is -0.168. The fourth-order valence-electron chi connectivity index (χ4n) is 3.15. The van der Waals surface area contributed by atoms with Gasteiger partial charge in [-0.1, -0.05) is 0 Å². The number of nitrogens with one attached hydrogen (secondary N) is 2. The first kappa shape index (κ1) is 19.9. The number of ether oxygens (including phenoxy) is 3. The number of rotatable bonds is 9. The lowest BCUT2D eigenvalue weighted by molar-refractivity contribution is 0.0168. The zero-order chi connectivity index (χ0) is 18.7. The fraction of sp³-hybridized carbons (Fsp3) is 0.684. The van der Waals surface area contributed by atoms with E-state index in [4.69, 9.17) is 14.2 Å². The van der Waals surface area contributed by atoms with Gasteiger partial charge in [0.15, 0.2) is 0 Å². The Kier molecular flexibility index (Phi) is 8.13. The van der Waals surface area contributed by atoms with E-state index in [9.17, 15) is 4.79 Å². The Balaban J connectivity index is 1.27. The van der Waals surface area contributed by atoms with E-state index in [1.165, 1.54) is 0 Å². The molecule has 27 heavy (non-hydrogen) atoms. The zero-order valence-corrected chi connectivity index (χ0v) is 15.8. The van der Waals surface area contributed by atoms with Crippen LogP contribution in [0.5, 0.6) is 0 Å². The summed E-state index contributed by atoms with van der Waals surface area (Å²) in [6.45, 7) is 6.34.